The Morgan fingerprint density at radius 1 is 1.09 bits per heavy atom. The first-order valence-corrected chi connectivity index (χ1v) is 11.8. The van der Waals surface area contributed by atoms with Crippen LogP contribution in [0, 0.1) is 0 Å². The van der Waals surface area contributed by atoms with Crippen molar-refractivity contribution in [3.63, 3.8) is 0 Å². The average Bonchev–Trinajstić information content (AvgIpc) is 3.44. The van der Waals surface area contributed by atoms with E-state index < -0.39 is 18.9 Å². The van der Waals surface area contributed by atoms with Crippen molar-refractivity contribution in [3.8, 4) is 0 Å². The number of nitrogens with zero attached hydrogens (tertiary/aromatic N) is 3. The first-order valence-electron chi connectivity index (χ1n) is 11.8. The Morgan fingerprint density at radius 2 is 1.86 bits per heavy atom. The zero-order valence-corrected chi connectivity index (χ0v) is 19.5. The summed E-state index contributed by atoms with van der Waals surface area (Å²) in [5.74, 6) is 0.288. The fourth-order valence-corrected chi connectivity index (χ4v) is 4.62. The molecular weight excluding hydrogens is 457 g/mol. The maximum absolute atomic E-state index is 13.6. The van der Waals surface area contributed by atoms with Gasteiger partial charge < -0.3 is 20.1 Å². The zero-order valence-electron chi connectivity index (χ0n) is 19.5. The van der Waals surface area contributed by atoms with Crippen LogP contribution < -0.4 is 16.1 Å². The lowest BCUT2D eigenvalue weighted by molar-refractivity contribution is -0.139. The summed E-state index contributed by atoms with van der Waals surface area (Å²) >= 11 is 0. The molecule has 1 aromatic heterocycles. The van der Waals surface area contributed by atoms with E-state index in [0.717, 1.165) is 42.7 Å². The van der Waals surface area contributed by atoms with Crippen LogP contribution in [0.25, 0.3) is 10.9 Å². The molecule has 0 amide bonds. The largest absolute Gasteiger partial charge is 0.406 e. The Balaban J connectivity index is 1.43. The summed E-state index contributed by atoms with van der Waals surface area (Å²) in [6.45, 7) is 1.25. The molecule has 0 aliphatic carbocycles. The Labute approximate surface area is 201 Å². The molecule has 0 radical (unpaired) electrons. The molecule has 1 saturated heterocycles. The van der Waals surface area contributed by atoms with Gasteiger partial charge in [-0.3, -0.25) is 0 Å². The Morgan fingerprint density at radius 3 is 2.60 bits per heavy atom. The third kappa shape index (κ3) is 5.54. The first-order chi connectivity index (χ1) is 16.9. The van der Waals surface area contributed by atoms with Crippen molar-refractivity contribution < 1.29 is 18.0 Å². The van der Waals surface area contributed by atoms with Crippen LogP contribution in [0.3, 0.4) is 0 Å². The number of benzene rings is 2. The van der Waals surface area contributed by atoms with Crippen molar-refractivity contribution in [1.29, 1.82) is 0 Å². The summed E-state index contributed by atoms with van der Waals surface area (Å²) < 4.78 is 42.0. The molecule has 7 nitrogen and oxygen atoms in total. The summed E-state index contributed by atoms with van der Waals surface area (Å²) in [7, 11) is 2.10. The highest BCUT2D eigenvalue weighted by molar-refractivity contribution is 6.05. The second-order valence-electron chi connectivity index (χ2n) is 9.09. The van der Waals surface area contributed by atoms with Crippen LogP contribution in [-0.4, -0.2) is 60.4 Å². The SMILES string of the molecule is CN1CCC(Nc2cccc3c2cc(C2=NC(CNc4ccccc4)ON2)n3CC(F)(F)F)CC1. The number of aliphatic imine (C=N–C) groups is 1. The van der Waals surface area contributed by atoms with E-state index in [4.69, 9.17) is 4.84 Å². The van der Waals surface area contributed by atoms with E-state index in [1.807, 2.05) is 36.4 Å². The van der Waals surface area contributed by atoms with Crippen LogP contribution in [0.4, 0.5) is 24.5 Å². The maximum Gasteiger partial charge on any atom is 0.406 e. The predicted octanol–water partition coefficient (Wildman–Crippen LogP) is 4.43. The van der Waals surface area contributed by atoms with Crippen LogP contribution in [0.1, 0.15) is 18.5 Å². The molecule has 1 atom stereocenters. The number of halogens is 3. The molecule has 1 fully saturated rings. The molecule has 5 rings (SSSR count). The number of alkyl halides is 3. The standard InChI is InChI=1S/C25H29F3N6O/c1-33-12-10-18(11-13-33)30-20-8-5-9-21-19(20)14-22(34(21)16-25(26,27)28)24-31-23(35-32-24)15-29-17-6-3-2-4-7-17/h2-9,14,18,23,29-30H,10-13,15-16H2,1H3,(H,31,32). The Kier molecular flexibility index (Phi) is 6.57. The lowest BCUT2D eigenvalue weighted by Gasteiger charge is -2.30. The van der Waals surface area contributed by atoms with E-state index in [2.05, 4.69) is 33.1 Å². The number of nitrogens with one attached hydrogen (secondary N) is 3. The van der Waals surface area contributed by atoms with Gasteiger partial charge in [0.05, 0.1) is 17.8 Å². The third-order valence-electron chi connectivity index (χ3n) is 6.42. The summed E-state index contributed by atoms with van der Waals surface area (Å²) in [6.07, 6.45) is -2.98. The molecule has 2 aromatic carbocycles. The van der Waals surface area contributed by atoms with Gasteiger partial charge in [0.2, 0.25) is 0 Å². The van der Waals surface area contributed by atoms with Gasteiger partial charge in [-0.1, -0.05) is 24.3 Å². The minimum Gasteiger partial charge on any atom is -0.382 e. The zero-order chi connectivity index (χ0) is 24.4. The van der Waals surface area contributed by atoms with Gasteiger partial charge in [-0.05, 0) is 63.3 Å². The van der Waals surface area contributed by atoms with Crippen molar-refractivity contribution in [2.45, 2.75) is 37.8 Å². The molecule has 2 aliphatic heterocycles. The number of amidine groups is 1. The van der Waals surface area contributed by atoms with Crippen LogP contribution in [0.2, 0.25) is 0 Å². The van der Waals surface area contributed by atoms with Gasteiger partial charge in [0.25, 0.3) is 0 Å². The Hall–Kier alpha value is -3.24. The minimum atomic E-state index is -4.38. The third-order valence-corrected chi connectivity index (χ3v) is 6.42. The van der Waals surface area contributed by atoms with E-state index in [-0.39, 0.29) is 11.9 Å². The first kappa shape index (κ1) is 23.5. The second kappa shape index (κ2) is 9.79. The van der Waals surface area contributed by atoms with Gasteiger partial charge in [0.1, 0.15) is 6.54 Å². The number of para-hydroxylation sites is 1. The normalized spacial score (nSPS) is 19.5. The van der Waals surface area contributed by atoms with Gasteiger partial charge in [-0.25, -0.2) is 15.3 Å². The lowest BCUT2D eigenvalue weighted by atomic mass is 10.0. The average molecular weight is 487 g/mol. The fraction of sp³-hybridized carbons (Fsp3) is 0.400. The molecule has 3 aromatic rings. The fourth-order valence-electron chi connectivity index (χ4n) is 4.62. The van der Waals surface area contributed by atoms with Crippen molar-refractivity contribution in [1.82, 2.24) is 14.9 Å². The molecule has 1 unspecified atom stereocenters. The van der Waals surface area contributed by atoms with E-state index in [1.54, 1.807) is 18.2 Å². The van der Waals surface area contributed by atoms with E-state index >= 15 is 0 Å². The Bertz CT molecular complexity index is 1190. The summed E-state index contributed by atoms with van der Waals surface area (Å²) in [5, 5.41) is 7.52. The van der Waals surface area contributed by atoms with Crippen molar-refractivity contribution in [2.75, 3.05) is 37.3 Å². The van der Waals surface area contributed by atoms with Crippen LogP contribution >= 0.6 is 0 Å². The summed E-state index contributed by atoms with van der Waals surface area (Å²) in [6, 6.07) is 17.1. The number of piperidine rings is 1. The molecule has 3 heterocycles. The van der Waals surface area contributed by atoms with Gasteiger partial charge >= 0.3 is 6.18 Å². The molecule has 0 bridgehead atoms. The number of fused-ring (bicyclic) bond motifs is 1. The minimum absolute atomic E-state index is 0.282. The molecule has 2 aliphatic rings. The van der Waals surface area contributed by atoms with Crippen molar-refractivity contribution in [3.05, 3.63) is 60.3 Å². The monoisotopic (exact) mass is 486 g/mol. The van der Waals surface area contributed by atoms with Gasteiger partial charge in [-0.15, -0.1) is 0 Å². The van der Waals surface area contributed by atoms with Gasteiger partial charge in [-0.2, -0.15) is 13.2 Å². The molecule has 0 saturated carbocycles. The van der Waals surface area contributed by atoms with Crippen molar-refractivity contribution in [2.24, 2.45) is 4.99 Å². The summed E-state index contributed by atoms with van der Waals surface area (Å²) in [4.78, 5) is 12.4. The highest BCUT2D eigenvalue weighted by atomic mass is 19.4. The van der Waals surface area contributed by atoms with Crippen LogP contribution in [0.15, 0.2) is 59.6 Å². The van der Waals surface area contributed by atoms with E-state index in [0.29, 0.717) is 17.8 Å². The number of aromatic nitrogens is 1. The number of hydroxylamine groups is 1. The number of hydrogen-bond acceptors (Lipinski definition) is 6. The highest BCUT2D eigenvalue weighted by Crippen LogP contribution is 2.32. The van der Waals surface area contributed by atoms with Crippen LogP contribution in [-0.2, 0) is 11.4 Å². The maximum atomic E-state index is 13.6. The van der Waals surface area contributed by atoms with E-state index in [9.17, 15) is 13.2 Å². The quantitative estimate of drug-likeness (QED) is 0.461. The molecule has 0 spiro atoms. The smallest absolute Gasteiger partial charge is 0.382 e. The molecule has 10 heteroatoms. The molecule has 35 heavy (non-hydrogen) atoms. The van der Waals surface area contributed by atoms with Crippen LogP contribution in [0.5, 0.6) is 0 Å². The number of likely N-dealkylation sites (tertiary alicyclic amines) is 1. The number of hydrogen-bond donors (Lipinski definition) is 3. The van der Waals surface area contributed by atoms with E-state index in [1.165, 1.54) is 4.57 Å². The lowest BCUT2D eigenvalue weighted by Crippen LogP contribution is -2.36. The second-order valence-corrected chi connectivity index (χ2v) is 9.09. The predicted molar refractivity (Wildman–Crippen MR) is 132 cm³/mol. The highest BCUT2D eigenvalue weighted by Gasteiger charge is 2.32. The van der Waals surface area contributed by atoms with Gasteiger partial charge in [0, 0.05) is 22.8 Å². The number of rotatable bonds is 7. The molecule has 3 N–H and O–H groups in total. The van der Waals surface area contributed by atoms with Crippen molar-refractivity contribution >= 4 is 28.1 Å². The molecule has 186 valence electrons. The number of anilines is 2. The topological polar surface area (TPSA) is 65.8 Å². The molecular formula is C25H29F3N6O. The van der Waals surface area contributed by atoms with Gasteiger partial charge in [0.15, 0.2) is 12.1 Å². The summed E-state index contributed by atoms with van der Waals surface area (Å²) in [5.41, 5.74) is 5.34.